The molecule has 1 aliphatic heterocycles. The van der Waals surface area contributed by atoms with Crippen LogP contribution >= 0.6 is 0 Å². The van der Waals surface area contributed by atoms with Crippen LogP contribution in [-0.2, 0) is 14.3 Å². The maximum atomic E-state index is 12.2. The normalized spacial score (nSPS) is 20.4. The average molecular weight is 500 g/mol. The smallest absolute Gasteiger partial charge is 0.410 e. The molecule has 1 aromatic carbocycles. The lowest BCUT2D eigenvalue weighted by atomic mass is 9.77. The van der Waals surface area contributed by atoms with Gasteiger partial charge in [-0.3, -0.25) is 4.79 Å². The molecule has 2 amide bonds. The molecule has 1 saturated carbocycles. The van der Waals surface area contributed by atoms with Gasteiger partial charge in [0.1, 0.15) is 11.3 Å². The number of rotatable bonds is 5. The molecule has 2 aliphatic rings. The Kier molecular flexibility index (Phi) is 9.40. The topological polar surface area (TPSA) is 101 Å². The molecule has 2 heterocycles. The maximum Gasteiger partial charge on any atom is 0.410 e. The van der Waals surface area contributed by atoms with Crippen molar-refractivity contribution in [2.24, 2.45) is 11.8 Å². The number of nitrogens with one attached hydrogen (secondary N) is 2. The molecule has 4 rings (SSSR count). The lowest BCUT2D eigenvalue weighted by Gasteiger charge is -2.33. The zero-order valence-corrected chi connectivity index (χ0v) is 22.3. The van der Waals surface area contributed by atoms with Crippen LogP contribution in [0.3, 0.4) is 0 Å². The van der Waals surface area contributed by atoms with Crippen LogP contribution in [0, 0.1) is 11.8 Å². The number of aromatic amines is 1. The molecule has 8 nitrogen and oxygen atoms in total. The summed E-state index contributed by atoms with van der Waals surface area (Å²) < 4.78 is 10.4. The number of ether oxygens (including phenoxy) is 2. The molecule has 2 aromatic rings. The van der Waals surface area contributed by atoms with Gasteiger partial charge in [0.25, 0.3) is 0 Å². The number of carbonyl (C=O) groups excluding carboxylic acids is 3. The van der Waals surface area contributed by atoms with Crippen LogP contribution < -0.4 is 5.32 Å². The van der Waals surface area contributed by atoms with E-state index in [2.05, 4.69) is 17.2 Å². The van der Waals surface area contributed by atoms with E-state index in [-0.39, 0.29) is 17.7 Å². The maximum absolute atomic E-state index is 12.2. The standard InChI is InChI=1S/C16H29NO2.C12H12N2O3/c1-12-14(13-8-6-5-7-9-13)10-11-17(12)15(18)19-16(2,3)4;1-2-17-12(16)11-6-8-5-9(13-7-15)3-4-10(8)14-11/h12-14H,5-11H2,1-4H3;3-7,14H,2H2,1H3,(H,13,15). The van der Waals surface area contributed by atoms with Gasteiger partial charge >= 0.3 is 12.1 Å². The Morgan fingerprint density at radius 3 is 2.50 bits per heavy atom. The van der Waals surface area contributed by atoms with E-state index in [0.29, 0.717) is 36.4 Å². The summed E-state index contributed by atoms with van der Waals surface area (Å²) in [6.45, 7) is 11.0. The van der Waals surface area contributed by atoms with Crippen LogP contribution in [0.15, 0.2) is 24.3 Å². The van der Waals surface area contributed by atoms with Gasteiger partial charge in [0.05, 0.1) is 6.61 Å². The fourth-order valence-electron chi connectivity index (χ4n) is 5.34. The highest BCUT2D eigenvalue weighted by Gasteiger charge is 2.40. The molecular weight excluding hydrogens is 458 g/mol. The molecule has 2 unspecified atom stereocenters. The van der Waals surface area contributed by atoms with Crippen LogP contribution in [0.1, 0.15) is 83.6 Å². The fraction of sp³-hybridized carbons (Fsp3) is 0.607. The molecule has 1 aliphatic carbocycles. The molecule has 2 atom stereocenters. The number of nitrogens with zero attached hydrogens (tertiary/aromatic N) is 1. The van der Waals surface area contributed by atoms with Gasteiger partial charge in [0, 0.05) is 29.2 Å². The third kappa shape index (κ3) is 7.24. The Bertz CT molecular complexity index is 1040. The SMILES string of the molecule is CC1C(C2CCCCC2)CCN1C(=O)OC(C)(C)C.CCOC(=O)c1cc2cc(NC=O)ccc2[nH]1. The lowest BCUT2D eigenvalue weighted by molar-refractivity contribution is -0.105. The number of fused-ring (bicyclic) bond motifs is 1. The van der Waals surface area contributed by atoms with Crippen LogP contribution in [0.2, 0.25) is 0 Å². The van der Waals surface area contributed by atoms with Crippen LogP contribution in [0.4, 0.5) is 10.5 Å². The van der Waals surface area contributed by atoms with Gasteiger partial charge in [-0.05, 0) is 77.1 Å². The van der Waals surface area contributed by atoms with E-state index in [0.717, 1.165) is 29.8 Å². The fourth-order valence-corrected chi connectivity index (χ4v) is 5.34. The van der Waals surface area contributed by atoms with E-state index < -0.39 is 0 Å². The van der Waals surface area contributed by atoms with Crippen molar-refractivity contribution in [2.45, 2.75) is 84.8 Å². The van der Waals surface area contributed by atoms with Gasteiger partial charge in [-0.15, -0.1) is 0 Å². The second-order valence-electron chi connectivity index (χ2n) is 10.7. The minimum absolute atomic E-state index is 0.127. The van der Waals surface area contributed by atoms with E-state index in [1.807, 2.05) is 25.7 Å². The van der Waals surface area contributed by atoms with Gasteiger partial charge in [-0.25, -0.2) is 9.59 Å². The summed E-state index contributed by atoms with van der Waals surface area (Å²) in [4.78, 5) is 38.9. The van der Waals surface area contributed by atoms with Crippen molar-refractivity contribution >= 4 is 35.1 Å². The first-order chi connectivity index (χ1) is 17.1. The number of benzene rings is 1. The molecule has 2 N–H and O–H groups in total. The predicted octanol–water partition coefficient (Wildman–Crippen LogP) is 6.13. The van der Waals surface area contributed by atoms with E-state index in [9.17, 15) is 14.4 Å². The van der Waals surface area contributed by atoms with Crippen molar-refractivity contribution in [3.05, 3.63) is 30.0 Å². The Hall–Kier alpha value is -3.03. The molecule has 8 heteroatoms. The summed E-state index contributed by atoms with van der Waals surface area (Å²) >= 11 is 0. The average Bonchev–Trinajstić information content (AvgIpc) is 3.43. The molecule has 0 spiro atoms. The Morgan fingerprint density at radius 1 is 1.14 bits per heavy atom. The summed E-state index contributed by atoms with van der Waals surface area (Å²) in [7, 11) is 0. The van der Waals surface area contributed by atoms with Crippen LogP contribution in [-0.4, -0.2) is 53.2 Å². The summed E-state index contributed by atoms with van der Waals surface area (Å²) in [5.74, 6) is 1.14. The zero-order valence-electron chi connectivity index (χ0n) is 22.3. The second kappa shape index (κ2) is 12.3. The molecule has 36 heavy (non-hydrogen) atoms. The number of esters is 1. The highest BCUT2D eigenvalue weighted by atomic mass is 16.6. The second-order valence-corrected chi connectivity index (χ2v) is 10.7. The molecule has 2 fully saturated rings. The Morgan fingerprint density at radius 2 is 1.86 bits per heavy atom. The van der Waals surface area contributed by atoms with Crippen molar-refractivity contribution in [3.63, 3.8) is 0 Å². The number of H-pyrrole nitrogens is 1. The summed E-state index contributed by atoms with van der Waals surface area (Å²) in [6.07, 6.45) is 8.51. The van der Waals surface area contributed by atoms with Gasteiger partial charge in [0.2, 0.25) is 6.41 Å². The summed E-state index contributed by atoms with van der Waals surface area (Å²) in [6, 6.07) is 7.37. The Balaban J connectivity index is 0.000000202. The van der Waals surface area contributed by atoms with Gasteiger partial charge in [-0.1, -0.05) is 32.1 Å². The molecule has 0 bridgehead atoms. The molecule has 198 valence electrons. The van der Waals surface area contributed by atoms with Gasteiger partial charge in [-0.2, -0.15) is 0 Å². The predicted molar refractivity (Wildman–Crippen MR) is 141 cm³/mol. The van der Waals surface area contributed by atoms with Crippen molar-refractivity contribution < 1.29 is 23.9 Å². The van der Waals surface area contributed by atoms with Crippen LogP contribution in [0.5, 0.6) is 0 Å². The highest BCUT2D eigenvalue weighted by molar-refractivity contribution is 5.96. The van der Waals surface area contributed by atoms with E-state index in [4.69, 9.17) is 9.47 Å². The first-order valence-corrected chi connectivity index (χ1v) is 13.1. The molecule has 1 saturated heterocycles. The summed E-state index contributed by atoms with van der Waals surface area (Å²) in [5.41, 5.74) is 1.52. The number of aromatic nitrogens is 1. The number of anilines is 1. The third-order valence-electron chi connectivity index (χ3n) is 7.04. The number of likely N-dealkylation sites (tertiary alicyclic amines) is 1. The van der Waals surface area contributed by atoms with Crippen LogP contribution in [0.25, 0.3) is 10.9 Å². The lowest BCUT2D eigenvalue weighted by Crippen LogP contribution is -2.41. The zero-order chi connectivity index (χ0) is 26.3. The van der Waals surface area contributed by atoms with Gasteiger partial charge < -0.3 is 24.7 Å². The van der Waals surface area contributed by atoms with Crippen molar-refractivity contribution in [1.29, 1.82) is 0 Å². The quantitative estimate of drug-likeness (QED) is 0.381. The monoisotopic (exact) mass is 499 g/mol. The first kappa shape index (κ1) is 27.6. The highest BCUT2D eigenvalue weighted by Crippen LogP contribution is 2.39. The summed E-state index contributed by atoms with van der Waals surface area (Å²) in [5, 5.41) is 3.40. The minimum Gasteiger partial charge on any atom is -0.461 e. The van der Waals surface area contributed by atoms with Crippen molar-refractivity contribution in [1.82, 2.24) is 9.88 Å². The van der Waals surface area contributed by atoms with Crippen molar-refractivity contribution in [2.75, 3.05) is 18.5 Å². The number of amides is 2. The third-order valence-corrected chi connectivity index (χ3v) is 7.04. The molecule has 1 aromatic heterocycles. The van der Waals surface area contributed by atoms with E-state index in [1.165, 1.54) is 32.1 Å². The van der Waals surface area contributed by atoms with Crippen molar-refractivity contribution in [3.8, 4) is 0 Å². The minimum atomic E-state index is -0.389. The van der Waals surface area contributed by atoms with E-state index in [1.54, 1.807) is 31.2 Å². The Labute approximate surface area is 214 Å². The number of hydrogen-bond donors (Lipinski definition) is 2. The first-order valence-electron chi connectivity index (χ1n) is 13.1. The molecular formula is C28H41N3O5. The number of carbonyl (C=O) groups is 3. The van der Waals surface area contributed by atoms with E-state index >= 15 is 0 Å². The largest absolute Gasteiger partial charge is 0.461 e. The molecule has 0 radical (unpaired) electrons. The number of hydrogen-bond acceptors (Lipinski definition) is 5. The van der Waals surface area contributed by atoms with Gasteiger partial charge in [0.15, 0.2) is 0 Å².